The van der Waals surface area contributed by atoms with E-state index >= 15 is 0 Å². The highest BCUT2D eigenvalue weighted by molar-refractivity contribution is 5.10. The van der Waals surface area contributed by atoms with Gasteiger partial charge in [0.15, 0.2) is 5.79 Å². The van der Waals surface area contributed by atoms with Gasteiger partial charge in [-0.1, -0.05) is 13.8 Å². The lowest BCUT2D eigenvalue weighted by Crippen LogP contribution is -2.56. The molecule has 0 aromatic heterocycles. The molecule has 0 bridgehead atoms. The Labute approximate surface area is 146 Å². The van der Waals surface area contributed by atoms with E-state index in [0.29, 0.717) is 5.41 Å². The molecule has 0 aromatic carbocycles. The molecule has 0 unspecified atom stereocenters. The lowest BCUT2D eigenvalue weighted by Gasteiger charge is -2.61. The Morgan fingerprint density at radius 3 is 2.33 bits per heavy atom. The number of aliphatic hydroxyl groups excluding tert-OH is 1. The van der Waals surface area contributed by atoms with Gasteiger partial charge in [0.1, 0.15) is 0 Å². The average Bonchev–Trinajstić information content (AvgIpc) is 3.14. The Hall–Kier alpha value is -0.120. The smallest absolute Gasteiger partial charge is 0.168 e. The van der Waals surface area contributed by atoms with Crippen molar-refractivity contribution in [3.05, 3.63) is 0 Å². The summed E-state index contributed by atoms with van der Waals surface area (Å²) < 4.78 is 12.1. The molecule has 0 amide bonds. The van der Waals surface area contributed by atoms with E-state index in [9.17, 15) is 5.11 Å². The monoisotopic (exact) mass is 334 g/mol. The normalized spacial score (nSPS) is 55.9. The second-order valence-corrected chi connectivity index (χ2v) is 10.1. The SMILES string of the molecule is C[C@]12CC[C@H]3[C@H](CC[C@H]4CC5(CC[C@]43C)OCCO5)[C@H]1CC[C@H]2O. The molecular weight excluding hydrogens is 300 g/mol. The number of rotatable bonds is 0. The summed E-state index contributed by atoms with van der Waals surface area (Å²) in [5.74, 6) is 3.00. The standard InChI is InChI=1S/C21H34O3/c1-19-9-10-21(23-11-12-24-21)13-14(19)3-4-15-16-5-6-18(22)20(16,2)8-7-17(15)19/h14-18,22H,3-13H2,1-2H3/t14-,15+,16+,17-,18+,19+,20-/m0/s1. The highest BCUT2D eigenvalue weighted by Crippen LogP contribution is 2.67. The predicted octanol–water partition coefficient (Wildman–Crippen LogP) is 4.13. The molecule has 5 aliphatic rings. The first-order valence-electron chi connectivity index (χ1n) is 10.4. The minimum absolute atomic E-state index is 0.0520. The van der Waals surface area contributed by atoms with E-state index < -0.39 is 0 Å². The average molecular weight is 334 g/mol. The summed E-state index contributed by atoms with van der Waals surface area (Å²) in [5.41, 5.74) is 0.677. The Morgan fingerprint density at radius 2 is 1.54 bits per heavy atom. The maximum atomic E-state index is 10.6. The molecule has 3 heteroatoms. The maximum Gasteiger partial charge on any atom is 0.168 e. The molecule has 136 valence electrons. The van der Waals surface area contributed by atoms with Crippen molar-refractivity contribution < 1.29 is 14.6 Å². The first kappa shape index (κ1) is 16.1. The van der Waals surface area contributed by atoms with E-state index in [4.69, 9.17) is 9.47 Å². The van der Waals surface area contributed by atoms with Crippen LogP contribution in [0.3, 0.4) is 0 Å². The van der Waals surface area contributed by atoms with Crippen molar-refractivity contribution in [2.75, 3.05) is 13.2 Å². The summed E-state index contributed by atoms with van der Waals surface area (Å²) in [6.45, 7) is 6.54. The van der Waals surface area contributed by atoms with Gasteiger partial charge in [-0.05, 0) is 79.4 Å². The Morgan fingerprint density at radius 1 is 0.792 bits per heavy atom. The van der Waals surface area contributed by atoms with Crippen LogP contribution in [0.4, 0.5) is 0 Å². The second-order valence-electron chi connectivity index (χ2n) is 10.1. The van der Waals surface area contributed by atoms with Crippen molar-refractivity contribution in [2.24, 2.45) is 34.5 Å². The van der Waals surface area contributed by atoms with Crippen LogP contribution in [0.15, 0.2) is 0 Å². The molecule has 1 spiro atoms. The highest BCUT2D eigenvalue weighted by atomic mass is 16.7. The fourth-order valence-corrected chi connectivity index (χ4v) is 7.93. The first-order valence-corrected chi connectivity index (χ1v) is 10.4. The molecule has 0 radical (unpaired) electrons. The molecule has 4 aliphatic carbocycles. The predicted molar refractivity (Wildman–Crippen MR) is 92.4 cm³/mol. The molecule has 1 aliphatic heterocycles. The van der Waals surface area contributed by atoms with E-state index in [1.807, 2.05) is 0 Å². The van der Waals surface area contributed by atoms with Gasteiger partial charge in [0, 0.05) is 12.8 Å². The van der Waals surface area contributed by atoms with Crippen molar-refractivity contribution in [3.8, 4) is 0 Å². The van der Waals surface area contributed by atoms with Gasteiger partial charge in [-0.25, -0.2) is 0 Å². The van der Waals surface area contributed by atoms with E-state index in [1.54, 1.807) is 0 Å². The number of hydrogen-bond acceptors (Lipinski definition) is 3. The maximum absolute atomic E-state index is 10.6. The lowest BCUT2D eigenvalue weighted by atomic mass is 9.45. The van der Waals surface area contributed by atoms with Gasteiger partial charge in [-0.3, -0.25) is 0 Å². The summed E-state index contributed by atoms with van der Waals surface area (Å²) in [5, 5.41) is 10.6. The van der Waals surface area contributed by atoms with Crippen LogP contribution in [0.25, 0.3) is 0 Å². The Balaban J connectivity index is 1.41. The quantitative estimate of drug-likeness (QED) is 0.724. The Kier molecular flexibility index (Phi) is 3.49. The van der Waals surface area contributed by atoms with Crippen molar-refractivity contribution in [2.45, 2.75) is 83.5 Å². The van der Waals surface area contributed by atoms with Crippen LogP contribution in [0, 0.1) is 34.5 Å². The molecule has 5 rings (SSSR count). The first-order chi connectivity index (χ1) is 11.5. The Bertz CT molecular complexity index is 513. The van der Waals surface area contributed by atoms with Crippen LogP contribution in [0.2, 0.25) is 0 Å². The molecule has 1 heterocycles. The van der Waals surface area contributed by atoms with Crippen LogP contribution in [0.5, 0.6) is 0 Å². The van der Waals surface area contributed by atoms with Crippen LogP contribution < -0.4 is 0 Å². The molecule has 4 saturated carbocycles. The van der Waals surface area contributed by atoms with E-state index in [-0.39, 0.29) is 17.3 Å². The second kappa shape index (κ2) is 5.20. The third-order valence-corrected chi connectivity index (χ3v) is 9.43. The van der Waals surface area contributed by atoms with Crippen molar-refractivity contribution >= 4 is 0 Å². The molecule has 7 atom stereocenters. The van der Waals surface area contributed by atoms with Crippen LogP contribution in [-0.4, -0.2) is 30.2 Å². The van der Waals surface area contributed by atoms with Gasteiger partial charge in [0.2, 0.25) is 0 Å². The molecule has 24 heavy (non-hydrogen) atoms. The van der Waals surface area contributed by atoms with Crippen LogP contribution in [0.1, 0.15) is 71.6 Å². The number of hydrogen-bond donors (Lipinski definition) is 1. The summed E-state index contributed by atoms with van der Waals surface area (Å²) in [6, 6.07) is 0. The summed E-state index contributed by atoms with van der Waals surface area (Å²) >= 11 is 0. The van der Waals surface area contributed by atoms with E-state index in [1.165, 1.54) is 38.5 Å². The molecule has 0 aromatic rings. The van der Waals surface area contributed by atoms with E-state index in [2.05, 4.69) is 13.8 Å². The molecule has 3 nitrogen and oxygen atoms in total. The van der Waals surface area contributed by atoms with Gasteiger partial charge in [0.25, 0.3) is 0 Å². The largest absolute Gasteiger partial charge is 0.393 e. The zero-order valence-corrected chi connectivity index (χ0v) is 15.4. The zero-order chi connectivity index (χ0) is 16.6. The molecular formula is C21H34O3. The third kappa shape index (κ3) is 2.01. The molecule has 1 N–H and O–H groups in total. The van der Waals surface area contributed by atoms with Gasteiger partial charge < -0.3 is 14.6 Å². The summed E-state index contributed by atoms with van der Waals surface area (Å²) in [7, 11) is 0. The third-order valence-electron chi connectivity index (χ3n) is 9.43. The zero-order valence-electron chi connectivity index (χ0n) is 15.4. The van der Waals surface area contributed by atoms with Gasteiger partial charge in [-0.2, -0.15) is 0 Å². The molecule has 1 saturated heterocycles. The van der Waals surface area contributed by atoms with Gasteiger partial charge >= 0.3 is 0 Å². The van der Waals surface area contributed by atoms with Crippen LogP contribution >= 0.6 is 0 Å². The minimum Gasteiger partial charge on any atom is -0.393 e. The summed E-state index contributed by atoms with van der Waals surface area (Å²) in [4.78, 5) is 0. The van der Waals surface area contributed by atoms with Gasteiger partial charge in [0.05, 0.1) is 19.3 Å². The number of fused-ring (bicyclic) bond motifs is 5. The highest BCUT2D eigenvalue weighted by Gasteiger charge is 2.61. The number of aliphatic hydroxyl groups is 1. The minimum atomic E-state index is -0.232. The topological polar surface area (TPSA) is 38.7 Å². The fourth-order valence-electron chi connectivity index (χ4n) is 7.93. The van der Waals surface area contributed by atoms with Crippen molar-refractivity contribution in [1.29, 1.82) is 0 Å². The molecule has 5 fully saturated rings. The lowest BCUT2D eigenvalue weighted by molar-refractivity contribution is -0.230. The number of ether oxygens (including phenoxy) is 2. The van der Waals surface area contributed by atoms with E-state index in [0.717, 1.165) is 56.1 Å². The van der Waals surface area contributed by atoms with Crippen molar-refractivity contribution in [1.82, 2.24) is 0 Å². The van der Waals surface area contributed by atoms with Gasteiger partial charge in [-0.15, -0.1) is 0 Å². The summed E-state index contributed by atoms with van der Waals surface area (Å²) in [6.07, 6.45) is 11.0. The van der Waals surface area contributed by atoms with Crippen molar-refractivity contribution in [3.63, 3.8) is 0 Å². The fraction of sp³-hybridized carbons (Fsp3) is 1.00. The van der Waals surface area contributed by atoms with Crippen LogP contribution in [-0.2, 0) is 9.47 Å².